The van der Waals surface area contributed by atoms with Crippen LogP contribution in [0.5, 0.6) is 5.75 Å². The zero-order valence-electron chi connectivity index (χ0n) is 13.8. The number of hydrogen-bond acceptors (Lipinski definition) is 5. The van der Waals surface area contributed by atoms with E-state index in [2.05, 4.69) is 27.0 Å². The van der Waals surface area contributed by atoms with Gasteiger partial charge in [-0.25, -0.2) is 9.97 Å². The largest absolute Gasteiger partial charge is 0.487 e. The van der Waals surface area contributed by atoms with Crippen molar-refractivity contribution in [1.29, 1.82) is 0 Å². The molecule has 0 unspecified atom stereocenters. The molecule has 0 atom stereocenters. The normalized spacial score (nSPS) is 17.6. The minimum atomic E-state index is 0.293. The van der Waals surface area contributed by atoms with Crippen LogP contribution in [0.25, 0.3) is 0 Å². The number of anilines is 1. The van der Waals surface area contributed by atoms with Crippen LogP contribution in [0, 0.1) is 5.92 Å². The van der Waals surface area contributed by atoms with E-state index in [0.29, 0.717) is 19.1 Å². The molecule has 24 heavy (non-hydrogen) atoms. The molecule has 4 rings (SSSR count). The van der Waals surface area contributed by atoms with E-state index in [4.69, 9.17) is 9.84 Å². The molecule has 2 aliphatic rings. The Morgan fingerprint density at radius 2 is 2.00 bits per heavy atom. The first-order chi connectivity index (χ1) is 11.8. The van der Waals surface area contributed by atoms with Crippen LogP contribution in [0.3, 0.4) is 0 Å². The molecule has 1 fully saturated rings. The van der Waals surface area contributed by atoms with Crippen LogP contribution in [0.15, 0.2) is 30.6 Å². The van der Waals surface area contributed by atoms with Crippen molar-refractivity contribution in [2.45, 2.75) is 32.3 Å². The molecular formula is C19H23N3O2. The lowest BCUT2D eigenvalue weighted by Crippen LogP contribution is -2.35. The second-order valence-electron chi connectivity index (χ2n) is 6.64. The van der Waals surface area contributed by atoms with Crippen LogP contribution >= 0.6 is 0 Å². The van der Waals surface area contributed by atoms with Crippen LogP contribution in [-0.4, -0.2) is 34.8 Å². The molecule has 0 amide bonds. The summed E-state index contributed by atoms with van der Waals surface area (Å²) >= 11 is 0. The van der Waals surface area contributed by atoms with E-state index in [1.165, 1.54) is 11.1 Å². The van der Waals surface area contributed by atoms with E-state index >= 15 is 0 Å². The molecule has 0 aliphatic carbocycles. The lowest BCUT2D eigenvalue weighted by atomic mass is 9.93. The van der Waals surface area contributed by atoms with Gasteiger partial charge in [0.15, 0.2) is 0 Å². The first kappa shape index (κ1) is 15.4. The highest BCUT2D eigenvalue weighted by atomic mass is 16.5. The minimum Gasteiger partial charge on any atom is -0.487 e. The van der Waals surface area contributed by atoms with E-state index < -0.39 is 0 Å². The Morgan fingerprint density at radius 3 is 2.83 bits per heavy atom. The summed E-state index contributed by atoms with van der Waals surface area (Å²) in [6.45, 7) is 2.79. The monoisotopic (exact) mass is 325 g/mol. The molecule has 126 valence electrons. The molecule has 0 radical (unpaired) electrons. The highest BCUT2D eigenvalue weighted by Gasteiger charge is 2.25. The third kappa shape index (κ3) is 2.96. The molecule has 1 saturated heterocycles. The lowest BCUT2D eigenvalue weighted by molar-refractivity contribution is 0.240. The number of aliphatic hydroxyl groups excluding tert-OH is 1. The van der Waals surface area contributed by atoms with Crippen LogP contribution < -0.4 is 9.64 Å². The Bertz CT molecular complexity index is 712. The van der Waals surface area contributed by atoms with Crippen molar-refractivity contribution in [3.05, 3.63) is 47.4 Å². The van der Waals surface area contributed by atoms with E-state index in [1.54, 1.807) is 6.33 Å². The number of nitrogens with zero attached hydrogens (tertiary/aromatic N) is 3. The number of aliphatic hydroxyl groups is 1. The maximum Gasteiger partial charge on any atom is 0.135 e. The summed E-state index contributed by atoms with van der Waals surface area (Å²) < 4.78 is 5.93. The van der Waals surface area contributed by atoms with Crippen molar-refractivity contribution < 1.29 is 9.84 Å². The molecule has 0 bridgehead atoms. The maximum absolute atomic E-state index is 9.14. The molecular weight excluding hydrogens is 302 g/mol. The second-order valence-corrected chi connectivity index (χ2v) is 6.64. The van der Waals surface area contributed by atoms with Crippen molar-refractivity contribution in [2.24, 2.45) is 5.92 Å². The summed E-state index contributed by atoms with van der Waals surface area (Å²) in [6, 6.07) is 8.20. The Kier molecular flexibility index (Phi) is 4.34. The number of ether oxygens (including phenoxy) is 1. The van der Waals surface area contributed by atoms with Crippen molar-refractivity contribution in [2.75, 3.05) is 24.6 Å². The Morgan fingerprint density at radius 1 is 1.17 bits per heavy atom. The Labute approximate surface area is 142 Å². The van der Waals surface area contributed by atoms with Crippen molar-refractivity contribution in [3.8, 4) is 5.75 Å². The predicted octanol–water partition coefficient (Wildman–Crippen LogP) is 2.56. The van der Waals surface area contributed by atoms with Gasteiger partial charge in [-0.3, -0.25) is 0 Å². The summed E-state index contributed by atoms with van der Waals surface area (Å²) in [4.78, 5) is 11.5. The van der Waals surface area contributed by atoms with Crippen LogP contribution in [0.4, 0.5) is 5.82 Å². The van der Waals surface area contributed by atoms with E-state index in [1.807, 2.05) is 12.1 Å². The summed E-state index contributed by atoms with van der Waals surface area (Å²) in [5.74, 6) is 2.64. The fourth-order valence-electron chi connectivity index (χ4n) is 3.76. The SMILES string of the molecule is OCCC1CCN(c2ncnc3c2Cc2ccccc2OC3)CC1. The molecule has 3 heterocycles. The number of hydrogen-bond donors (Lipinski definition) is 1. The molecule has 0 spiro atoms. The summed E-state index contributed by atoms with van der Waals surface area (Å²) in [5, 5.41) is 9.14. The maximum atomic E-state index is 9.14. The van der Waals surface area contributed by atoms with Gasteiger partial charge in [-0.1, -0.05) is 18.2 Å². The number of fused-ring (bicyclic) bond motifs is 2. The molecule has 1 N–H and O–H groups in total. The van der Waals surface area contributed by atoms with Gasteiger partial charge < -0.3 is 14.7 Å². The van der Waals surface area contributed by atoms with Crippen molar-refractivity contribution >= 4 is 5.82 Å². The summed E-state index contributed by atoms with van der Waals surface area (Å²) in [5.41, 5.74) is 3.39. The average molecular weight is 325 g/mol. The summed E-state index contributed by atoms with van der Waals surface area (Å²) in [6.07, 6.45) is 5.63. The van der Waals surface area contributed by atoms with E-state index in [-0.39, 0.29) is 0 Å². The van der Waals surface area contributed by atoms with Gasteiger partial charge in [0.05, 0.1) is 5.69 Å². The molecule has 1 aromatic carbocycles. The van der Waals surface area contributed by atoms with Gasteiger partial charge in [0.1, 0.15) is 24.5 Å². The number of rotatable bonds is 3. The average Bonchev–Trinajstić information content (AvgIpc) is 2.82. The highest BCUT2D eigenvalue weighted by molar-refractivity contribution is 5.53. The van der Waals surface area contributed by atoms with Gasteiger partial charge in [-0.15, -0.1) is 0 Å². The van der Waals surface area contributed by atoms with Crippen LogP contribution in [0.2, 0.25) is 0 Å². The number of benzene rings is 1. The van der Waals surface area contributed by atoms with Crippen LogP contribution in [0.1, 0.15) is 36.1 Å². The lowest BCUT2D eigenvalue weighted by Gasteiger charge is -2.33. The van der Waals surface area contributed by atoms with E-state index in [9.17, 15) is 0 Å². The predicted molar refractivity (Wildman–Crippen MR) is 92.3 cm³/mol. The highest BCUT2D eigenvalue weighted by Crippen LogP contribution is 2.33. The van der Waals surface area contributed by atoms with Crippen molar-refractivity contribution in [3.63, 3.8) is 0 Å². The van der Waals surface area contributed by atoms with E-state index in [0.717, 1.165) is 56.0 Å². The third-order valence-electron chi connectivity index (χ3n) is 5.17. The number of para-hydroxylation sites is 1. The van der Waals surface area contributed by atoms with Gasteiger partial charge in [0, 0.05) is 31.7 Å². The Hall–Kier alpha value is -2.14. The number of aromatic nitrogens is 2. The molecule has 5 nitrogen and oxygen atoms in total. The van der Waals surface area contributed by atoms with Crippen LogP contribution in [-0.2, 0) is 13.0 Å². The molecule has 1 aromatic heterocycles. The quantitative estimate of drug-likeness (QED) is 0.940. The first-order valence-corrected chi connectivity index (χ1v) is 8.74. The van der Waals surface area contributed by atoms with Gasteiger partial charge in [-0.05, 0) is 36.8 Å². The first-order valence-electron chi connectivity index (χ1n) is 8.74. The zero-order valence-corrected chi connectivity index (χ0v) is 13.8. The fraction of sp³-hybridized carbons (Fsp3) is 0.474. The second kappa shape index (κ2) is 6.77. The summed E-state index contributed by atoms with van der Waals surface area (Å²) in [7, 11) is 0. The van der Waals surface area contributed by atoms with Gasteiger partial charge >= 0.3 is 0 Å². The molecule has 2 aliphatic heterocycles. The molecule has 2 aromatic rings. The van der Waals surface area contributed by atoms with Gasteiger partial charge in [0.2, 0.25) is 0 Å². The van der Waals surface area contributed by atoms with Gasteiger partial charge in [0.25, 0.3) is 0 Å². The van der Waals surface area contributed by atoms with Gasteiger partial charge in [-0.2, -0.15) is 0 Å². The smallest absolute Gasteiger partial charge is 0.135 e. The third-order valence-corrected chi connectivity index (χ3v) is 5.17. The Balaban J connectivity index is 1.61. The topological polar surface area (TPSA) is 58.5 Å². The molecule has 5 heteroatoms. The number of piperidine rings is 1. The zero-order chi connectivity index (χ0) is 16.4. The fourth-order valence-corrected chi connectivity index (χ4v) is 3.76. The minimum absolute atomic E-state index is 0.293. The standard InChI is InChI=1S/C19H23N3O2/c23-10-7-14-5-8-22(9-6-14)19-16-11-15-3-1-2-4-18(15)24-12-17(16)20-13-21-19/h1-4,13-14,23H,5-12H2. The van der Waals surface area contributed by atoms with Crippen molar-refractivity contribution in [1.82, 2.24) is 9.97 Å². The molecule has 0 saturated carbocycles.